The average Bonchev–Trinajstić information content (AvgIpc) is 3.40. The van der Waals surface area contributed by atoms with Crippen LogP contribution in [0.2, 0.25) is 0 Å². The molecule has 4 saturated carbocycles. The summed E-state index contributed by atoms with van der Waals surface area (Å²) >= 11 is 0. The fraction of sp³-hybridized carbons (Fsp3) is 0.603. The Morgan fingerprint density at radius 2 is 0.765 bits per heavy atom. The third-order valence-corrected chi connectivity index (χ3v) is 18.0. The van der Waals surface area contributed by atoms with Crippen molar-refractivity contribution in [3.05, 3.63) is 95.1 Å². The highest BCUT2D eigenvalue weighted by Crippen LogP contribution is 2.48. The van der Waals surface area contributed by atoms with Crippen molar-refractivity contribution in [3.63, 3.8) is 0 Å². The van der Waals surface area contributed by atoms with Crippen LogP contribution in [-0.4, -0.2) is 34.2 Å². The van der Waals surface area contributed by atoms with Crippen LogP contribution in [0.15, 0.2) is 72.8 Å². The van der Waals surface area contributed by atoms with Crippen molar-refractivity contribution in [2.75, 3.05) is 28.4 Å². The van der Waals surface area contributed by atoms with Crippen LogP contribution in [0.25, 0.3) is 22.3 Å². The predicted molar refractivity (Wildman–Crippen MR) is 282 cm³/mol. The van der Waals surface area contributed by atoms with Gasteiger partial charge >= 0.3 is 0 Å². The Bertz CT molecular complexity index is 2020. The van der Waals surface area contributed by atoms with Gasteiger partial charge in [0.15, 0.2) is 5.78 Å². The van der Waals surface area contributed by atoms with E-state index in [1.807, 2.05) is 24.3 Å². The number of methoxy groups -OCH3 is 4. The Balaban J connectivity index is 0.978. The summed E-state index contributed by atoms with van der Waals surface area (Å²) in [6, 6.07) is 25.5. The molecule has 0 aliphatic heterocycles. The molecule has 0 atom stereocenters. The maximum atomic E-state index is 15.4. The van der Waals surface area contributed by atoms with Crippen molar-refractivity contribution < 1.29 is 23.7 Å². The van der Waals surface area contributed by atoms with E-state index in [9.17, 15) is 0 Å². The molecule has 4 aliphatic rings. The van der Waals surface area contributed by atoms with Crippen molar-refractivity contribution >= 4 is 5.78 Å². The molecule has 8 rings (SSSR count). The molecule has 68 heavy (non-hydrogen) atoms. The highest BCUT2D eigenvalue weighted by atomic mass is 16.5. The summed E-state index contributed by atoms with van der Waals surface area (Å²) in [5.41, 5.74) is 7.26. The fourth-order valence-electron chi connectivity index (χ4n) is 13.8. The second-order valence-electron chi connectivity index (χ2n) is 21.9. The zero-order valence-corrected chi connectivity index (χ0v) is 43.1. The van der Waals surface area contributed by atoms with E-state index in [2.05, 4.69) is 62.4 Å². The number of ether oxygens (including phenoxy) is 4. The third kappa shape index (κ3) is 12.0. The smallest absolute Gasteiger partial charge is 0.194 e. The average molecular weight is 923 g/mol. The number of carbonyl (C=O) groups is 1. The van der Waals surface area contributed by atoms with Crippen LogP contribution in [0.5, 0.6) is 23.0 Å². The first-order valence-corrected chi connectivity index (χ1v) is 27.6. The third-order valence-electron chi connectivity index (χ3n) is 18.0. The minimum atomic E-state index is -0.140. The first-order chi connectivity index (χ1) is 33.3. The van der Waals surface area contributed by atoms with Crippen molar-refractivity contribution in [2.24, 2.45) is 35.5 Å². The van der Waals surface area contributed by atoms with Crippen LogP contribution in [0.3, 0.4) is 0 Å². The summed E-state index contributed by atoms with van der Waals surface area (Å²) in [5, 5.41) is 0. The van der Waals surface area contributed by atoms with Crippen LogP contribution >= 0.6 is 0 Å². The Morgan fingerprint density at radius 1 is 0.426 bits per heavy atom. The number of ketones is 1. The molecule has 4 aliphatic carbocycles. The summed E-state index contributed by atoms with van der Waals surface area (Å²) in [5.74, 6) is 8.94. The van der Waals surface area contributed by atoms with Gasteiger partial charge in [0.2, 0.25) is 0 Å². The Morgan fingerprint density at radius 3 is 1.07 bits per heavy atom. The van der Waals surface area contributed by atoms with Crippen LogP contribution in [-0.2, 0) is 0 Å². The number of unbranched alkanes of at least 4 members (excludes halogenated alkanes) is 4. The fourth-order valence-corrected chi connectivity index (χ4v) is 13.8. The van der Waals surface area contributed by atoms with E-state index < -0.39 is 0 Å². The lowest BCUT2D eigenvalue weighted by molar-refractivity contribution is 0.103. The number of carbonyl (C=O) groups excluding carboxylic acids is 1. The van der Waals surface area contributed by atoms with Gasteiger partial charge in [0.25, 0.3) is 0 Å². The molecule has 5 nitrogen and oxygen atoms in total. The Hall–Kier alpha value is -4.25. The van der Waals surface area contributed by atoms with E-state index >= 15 is 4.79 Å². The molecule has 4 aromatic carbocycles. The molecule has 5 heteroatoms. The van der Waals surface area contributed by atoms with Crippen LogP contribution < -0.4 is 18.9 Å². The maximum Gasteiger partial charge on any atom is 0.194 e. The highest BCUT2D eigenvalue weighted by molar-refractivity contribution is 6.17. The molecular weight excluding hydrogens is 837 g/mol. The second-order valence-corrected chi connectivity index (χ2v) is 21.9. The van der Waals surface area contributed by atoms with Gasteiger partial charge in [-0.2, -0.15) is 0 Å². The molecule has 0 bridgehead atoms. The van der Waals surface area contributed by atoms with Gasteiger partial charge in [0.05, 0.1) is 28.4 Å². The lowest BCUT2D eigenvalue weighted by Crippen LogP contribution is -2.25. The van der Waals surface area contributed by atoms with Gasteiger partial charge in [0.1, 0.15) is 23.0 Å². The summed E-state index contributed by atoms with van der Waals surface area (Å²) in [7, 11) is 6.63. The van der Waals surface area contributed by atoms with Gasteiger partial charge in [0, 0.05) is 34.4 Å². The summed E-state index contributed by atoms with van der Waals surface area (Å²) in [4.78, 5) is 15.4. The summed E-state index contributed by atoms with van der Waals surface area (Å²) < 4.78 is 23.8. The predicted octanol–water partition coefficient (Wildman–Crippen LogP) is 17.6. The van der Waals surface area contributed by atoms with Gasteiger partial charge < -0.3 is 18.9 Å². The molecule has 0 aromatic heterocycles. The Labute approximate surface area is 411 Å². The minimum absolute atomic E-state index is 0.140. The molecule has 0 unspecified atom stereocenters. The zero-order valence-electron chi connectivity index (χ0n) is 43.1. The zero-order chi connectivity index (χ0) is 47.4. The van der Waals surface area contributed by atoms with Gasteiger partial charge in [-0.3, -0.25) is 4.79 Å². The lowest BCUT2D eigenvalue weighted by Gasteiger charge is -2.38. The molecule has 0 saturated heterocycles. The molecule has 0 N–H and O–H groups in total. The van der Waals surface area contributed by atoms with E-state index in [4.69, 9.17) is 18.9 Å². The van der Waals surface area contributed by atoms with E-state index in [1.54, 1.807) is 28.4 Å². The number of hydrogen-bond acceptors (Lipinski definition) is 5. The van der Waals surface area contributed by atoms with Gasteiger partial charge in [-0.1, -0.05) is 139 Å². The lowest BCUT2D eigenvalue weighted by atomic mass is 9.68. The number of rotatable bonds is 20. The first kappa shape index (κ1) is 50.1. The van der Waals surface area contributed by atoms with Crippen molar-refractivity contribution in [1.29, 1.82) is 0 Å². The molecule has 0 spiro atoms. The van der Waals surface area contributed by atoms with Crippen LogP contribution in [0.1, 0.15) is 207 Å². The topological polar surface area (TPSA) is 54.0 Å². The van der Waals surface area contributed by atoms with Crippen molar-refractivity contribution in [2.45, 2.75) is 180 Å². The normalized spacial score (nSPS) is 25.4. The summed E-state index contributed by atoms with van der Waals surface area (Å²) in [6.45, 7) is 4.63. The minimum Gasteiger partial charge on any atom is -0.497 e. The largest absolute Gasteiger partial charge is 0.497 e. The second kappa shape index (κ2) is 24.5. The monoisotopic (exact) mass is 923 g/mol. The molecule has 368 valence electrons. The van der Waals surface area contributed by atoms with Gasteiger partial charge in [-0.15, -0.1) is 0 Å². The molecule has 0 radical (unpaired) electrons. The first-order valence-electron chi connectivity index (χ1n) is 27.6. The molecule has 4 fully saturated rings. The summed E-state index contributed by atoms with van der Waals surface area (Å²) in [6.07, 6.45) is 33.2. The number of benzene rings is 4. The van der Waals surface area contributed by atoms with E-state index in [0.717, 1.165) is 57.8 Å². The standard InChI is InChI=1S/C63H86O5/c1-7-9-11-13-43-15-19-45(20-16-43)47-23-27-49(28-24-47)51-31-35-53(36-32-51)61-57(39-55(65-3)41-59(61)67-5)63(64)58-40-56(66-4)42-60(68-6)62(58)54-37-33-52(34-38-54)50-29-25-48(26-30-50)46-21-17-44(18-22-46)14-12-10-8-2/h31-50H,7-30H2,1-6H3. The number of hydrogen-bond donors (Lipinski definition) is 0. The van der Waals surface area contributed by atoms with E-state index in [-0.39, 0.29) is 5.78 Å². The quantitative estimate of drug-likeness (QED) is 0.0653. The van der Waals surface area contributed by atoms with Crippen molar-refractivity contribution in [1.82, 2.24) is 0 Å². The molecular formula is C63H86O5. The van der Waals surface area contributed by atoms with E-state index in [1.165, 1.54) is 165 Å². The molecule has 4 aromatic rings. The van der Waals surface area contributed by atoms with Gasteiger partial charge in [-0.05, 0) is 159 Å². The highest BCUT2D eigenvalue weighted by Gasteiger charge is 2.34. The van der Waals surface area contributed by atoms with Crippen LogP contribution in [0.4, 0.5) is 0 Å². The molecule has 0 amide bonds. The SMILES string of the molecule is CCCCCC1CCC(C2CCC(c3ccc(-c4c(OC)cc(OC)cc4C(=O)c4cc(OC)cc(OC)c4-c4ccc(C5CCC(C6CCC(CCCCC)CC6)CC5)cc4)cc3)CC2)CC1. The van der Waals surface area contributed by atoms with E-state index in [0.29, 0.717) is 46.0 Å². The Kier molecular flexibility index (Phi) is 18.1. The van der Waals surface area contributed by atoms with Gasteiger partial charge in [-0.25, -0.2) is 0 Å². The molecule has 0 heterocycles. The van der Waals surface area contributed by atoms with Crippen LogP contribution in [0, 0.1) is 35.5 Å². The maximum absolute atomic E-state index is 15.4. The van der Waals surface area contributed by atoms with Crippen molar-refractivity contribution in [3.8, 4) is 45.3 Å².